The van der Waals surface area contributed by atoms with Gasteiger partial charge in [0.1, 0.15) is 11.3 Å². The fraction of sp³-hybridized carbons (Fsp3) is 0.286. The summed E-state index contributed by atoms with van der Waals surface area (Å²) in [4.78, 5) is 12.0. The summed E-state index contributed by atoms with van der Waals surface area (Å²) < 4.78 is 5.54. The van der Waals surface area contributed by atoms with Crippen LogP contribution in [0.25, 0.3) is 22.4 Å². The molecule has 0 fully saturated rings. The van der Waals surface area contributed by atoms with Crippen molar-refractivity contribution in [3.63, 3.8) is 0 Å². The second-order valence-electron chi connectivity index (χ2n) is 4.73. The van der Waals surface area contributed by atoms with Gasteiger partial charge in [0.05, 0.1) is 11.9 Å². The van der Waals surface area contributed by atoms with E-state index in [9.17, 15) is 0 Å². The summed E-state index contributed by atoms with van der Waals surface area (Å²) >= 11 is 0. The van der Waals surface area contributed by atoms with Crippen LogP contribution in [0.3, 0.4) is 0 Å². The minimum atomic E-state index is 0.227. The van der Waals surface area contributed by atoms with Crippen molar-refractivity contribution >= 4 is 11.1 Å². The van der Waals surface area contributed by atoms with Crippen LogP contribution in [0.15, 0.2) is 28.8 Å². The van der Waals surface area contributed by atoms with Crippen molar-refractivity contribution in [2.24, 2.45) is 5.73 Å². The van der Waals surface area contributed by atoms with E-state index in [2.05, 4.69) is 15.0 Å². The number of hydrogen-bond acceptors (Lipinski definition) is 4. The Hall–Kier alpha value is -2.14. The minimum Gasteiger partial charge on any atom is -0.441 e. The number of oxazole rings is 1. The van der Waals surface area contributed by atoms with Gasteiger partial charge in [-0.1, -0.05) is 13.0 Å². The Labute approximate surface area is 110 Å². The zero-order valence-corrected chi connectivity index (χ0v) is 11.0. The Morgan fingerprint density at radius 2 is 2.26 bits per heavy atom. The number of benzene rings is 1. The molecule has 0 saturated carbocycles. The maximum atomic E-state index is 5.65. The molecular weight excluding hydrogens is 240 g/mol. The van der Waals surface area contributed by atoms with Crippen LogP contribution in [0.2, 0.25) is 0 Å². The Bertz CT molecular complexity index is 713. The van der Waals surface area contributed by atoms with E-state index in [1.54, 1.807) is 0 Å². The lowest BCUT2D eigenvalue weighted by Gasteiger charge is -2.03. The molecular formula is C14H16N4O. The maximum Gasteiger partial charge on any atom is 0.192 e. The molecule has 0 aliphatic carbocycles. The Kier molecular flexibility index (Phi) is 2.83. The zero-order valence-electron chi connectivity index (χ0n) is 11.0. The third-order valence-corrected chi connectivity index (χ3v) is 3.22. The highest BCUT2D eigenvalue weighted by atomic mass is 16.3. The van der Waals surface area contributed by atoms with Gasteiger partial charge in [-0.3, -0.25) is 0 Å². The third kappa shape index (κ3) is 2.13. The molecule has 2 heterocycles. The lowest BCUT2D eigenvalue weighted by molar-refractivity contribution is 0.561. The van der Waals surface area contributed by atoms with Gasteiger partial charge in [0.2, 0.25) is 0 Å². The number of nitrogens with two attached hydrogens (primary N) is 1. The van der Waals surface area contributed by atoms with E-state index in [0.717, 1.165) is 28.2 Å². The molecule has 98 valence electrons. The van der Waals surface area contributed by atoms with Crippen molar-refractivity contribution in [1.82, 2.24) is 15.0 Å². The standard InChI is InChI=1S/C14H16N4O/c1-8(6-15)14-16-7-12(18-14)10-3-4-11-13(5-10)19-9(2)17-11/h3-5,7-8H,6,15H2,1-2H3,(H,16,18). The molecule has 0 aliphatic rings. The minimum absolute atomic E-state index is 0.227. The first-order valence-electron chi connectivity index (χ1n) is 6.30. The molecule has 0 spiro atoms. The SMILES string of the molecule is Cc1nc2ccc(-c3cnc(C(C)CN)[nH]3)cc2o1. The molecule has 1 aromatic carbocycles. The molecule has 3 aromatic rings. The van der Waals surface area contributed by atoms with E-state index < -0.39 is 0 Å². The van der Waals surface area contributed by atoms with Crippen molar-refractivity contribution in [2.45, 2.75) is 19.8 Å². The number of nitrogens with one attached hydrogen (secondary N) is 1. The summed E-state index contributed by atoms with van der Waals surface area (Å²) in [7, 11) is 0. The first-order chi connectivity index (χ1) is 9.17. The van der Waals surface area contributed by atoms with Crippen LogP contribution in [0.1, 0.15) is 24.6 Å². The normalized spacial score (nSPS) is 13.0. The number of nitrogens with zero attached hydrogens (tertiary/aromatic N) is 2. The van der Waals surface area contributed by atoms with Crippen molar-refractivity contribution in [3.8, 4) is 11.3 Å². The maximum absolute atomic E-state index is 5.65. The van der Waals surface area contributed by atoms with E-state index in [-0.39, 0.29) is 5.92 Å². The van der Waals surface area contributed by atoms with E-state index in [4.69, 9.17) is 10.2 Å². The first-order valence-corrected chi connectivity index (χ1v) is 6.30. The van der Waals surface area contributed by atoms with Gasteiger partial charge < -0.3 is 15.1 Å². The van der Waals surface area contributed by atoms with E-state index >= 15 is 0 Å². The van der Waals surface area contributed by atoms with Crippen LogP contribution in [-0.2, 0) is 0 Å². The predicted octanol–water partition coefficient (Wildman–Crippen LogP) is 2.59. The van der Waals surface area contributed by atoms with Gasteiger partial charge in [0.15, 0.2) is 11.5 Å². The molecule has 2 aromatic heterocycles. The van der Waals surface area contributed by atoms with Crippen LogP contribution in [-0.4, -0.2) is 21.5 Å². The predicted molar refractivity (Wildman–Crippen MR) is 73.8 cm³/mol. The van der Waals surface area contributed by atoms with Crippen molar-refractivity contribution in [2.75, 3.05) is 6.54 Å². The molecule has 5 nitrogen and oxygen atoms in total. The third-order valence-electron chi connectivity index (χ3n) is 3.22. The van der Waals surface area contributed by atoms with E-state index in [1.165, 1.54) is 0 Å². The molecule has 0 amide bonds. The van der Waals surface area contributed by atoms with Crippen molar-refractivity contribution in [1.29, 1.82) is 0 Å². The lowest BCUT2D eigenvalue weighted by atomic mass is 10.1. The number of aromatic amines is 1. The second-order valence-corrected chi connectivity index (χ2v) is 4.73. The van der Waals surface area contributed by atoms with Gasteiger partial charge in [-0.05, 0) is 12.1 Å². The summed E-state index contributed by atoms with van der Waals surface area (Å²) in [5, 5.41) is 0. The fourth-order valence-electron chi connectivity index (χ4n) is 2.05. The van der Waals surface area contributed by atoms with Gasteiger partial charge in [0, 0.05) is 24.9 Å². The first kappa shape index (κ1) is 11.9. The van der Waals surface area contributed by atoms with Gasteiger partial charge >= 0.3 is 0 Å². The highest BCUT2D eigenvalue weighted by Crippen LogP contribution is 2.24. The molecule has 0 aliphatic heterocycles. The zero-order chi connectivity index (χ0) is 13.4. The highest BCUT2D eigenvalue weighted by molar-refractivity contribution is 5.79. The Morgan fingerprint density at radius 1 is 1.42 bits per heavy atom. The second kappa shape index (κ2) is 4.51. The molecule has 5 heteroatoms. The molecule has 0 bridgehead atoms. The smallest absolute Gasteiger partial charge is 0.192 e. The summed E-state index contributed by atoms with van der Waals surface area (Å²) in [6.07, 6.45) is 1.83. The van der Waals surface area contributed by atoms with Gasteiger partial charge in [-0.25, -0.2) is 9.97 Å². The van der Waals surface area contributed by atoms with Gasteiger partial charge in [-0.2, -0.15) is 0 Å². The Balaban J connectivity index is 2.01. The summed E-state index contributed by atoms with van der Waals surface area (Å²) in [6, 6.07) is 5.93. The largest absolute Gasteiger partial charge is 0.441 e. The number of imidazole rings is 1. The van der Waals surface area contributed by atoms with Crippen LogP contribution in [0, 0.1) is 6.92 Å². The monoisotopic (exact) mass is 256 g/mol. The van der Waals surface area contributed by atoms with E-state index in [0.29, 0.717) is 12.4 Å². The average molecular weight is 256 g/mol. The molecule has 1 unspecified atom stereocenters. The number of aryl methyl sites for hydroxylation is 1. The summed E-state index contributed by atoms with van der Waals surface area (Å²) in [5.74, 6) is 1.81. The summed E-state index contributed by atoms with van der Waals surface area (Å²) in [5.41, 5.74) is 9.31. The van der Waals surface area contributed by atoms with Crippen LogP contribution < -0.4 is 5.73 Å². The van der Waals surface area contributed by atoms with Crippen molar-refractivity contribution < 1.29 is 4.42 Å². The number of H-pyrrole nitrogens is 1. The lowest BCUT2D eigenvalue weighted by Crippen LogP contribution is -2.10. The van der Waals surface area contributed by atoms with Crippen LogP contribution >= 0.6 is 0 Å². The van der Waals surface area contributed by atoms with Gasteiger partial charge in [0.25, 0.3) is 0 Å². The number of aromatic nitrogens is 3. The van der Waals surface area contributed by atoms with Crippen LogP contribution in [0.4, 0.5) is 0 Å². The number of hydrogen-bond donors (Lipinski definition) is 2. The molecule has 1 atom stereocenters. The summed E-state index contributed by atoms with van der Waals surface area (Å²) in [6.45, 7) is 4.47. The topological polar surface area (TPSA) is 80.7 Å². The van der Waals surface area contributed by atoms with Crippen molar-refractivity contribution in [3.05, 3.63) is 36.1 Å². The average Bonchev–Trinajstić information content (AvgIpc) is 3.01. The molecule has 0 radical (unpaired) electrons. The fourth-order valence-corrected chi connectivity index (χ4v) is 2.05. The van der Waals surface area contributed by atoms with Gasteiger partial charge in [-0.15, -0.1) is 0 Å². The quantitative estimate of drug-likeness (QED) is 0.754. The Morgan fingerprint density at radius 3 is 3.05 bits per heavy atom. The molecule has 19 heavy (non-hydrogen) atoms. The molecule has 3 rings (SSSR count). The molecule has 3 N–H and O–H groups in total. The molecule has 0 saturated heterocycles. The number of rotatable bonds is 3. The van der Waals surface area contributed by atoms with Crippen LogP contribution in [0.5, 0.6) is 0 Å². The number of fused-ring (bicyclic) bond motifs is 1. The van der Waals surface area contributed by atoms with E-state index in [1.807, 2.05) is 38.2 Å². The highest BCUT2D eigenvalue weighted by Gasteiger charge is 2.10.